The first-order chi connectivity index (χ1) is 15.1. The number of hydrogen-bond donors (Lipinski definition) is 2. The number of nitrogens with one attached hydrogen (secondary N) is 1. The van der Waals surface area contributed by atoms with E-state index >= 15 is 0 Å². The number of Topliss-reactive ketones (excluding diaryl/α,β-unsaturated/α-hetero) is 1. The molecule has 5 heteroatoms. The number of carbonyl (C=O) groups excluding carboxylic acids is 2. The van der Waals surface area contributed by atoms with E-state index in [1.165, 1.54) is 0 Å². The van der Waals surface area contributed by atoms with Gasteiger partial charge >= 0.3 is 0 Å². The SMILES string of the molecule is O=C(C[C@]1(O)C(=O)N(CCc2c[nH]c3ccccc23)c2ccccc21)c1ccccc1. The number of aromatic amines is 1. The summed E-state index contributed by atoms with van der Waals surface area (Å²) in [6, 6.07) is 24.0. The maximum atomic E-state index is 13.4. The summed E-state index contributed by atoms with van der Waals surface area (Å²) in [5.74, 6) is -0.706. The third kappa shape index (κ3) is 3.23. The first-order valence-electron chi connectivity index (χ1n) is 10.3. The Balaban J connectivity index is 1.43. The Morgan fingerprint density at radius 1 is 0.935 bits per heavy atom. The highest BCUT2D eigenvalue weighted by Crippen LogP contribution is 2.43. The predicted molar refractivity (Wildman–Crippen MR) is 120 cm³/mol. The molecular weight excluding hydrogens is 388 g/mol. The molecule has 1 amide bonds. The van der Waals surface area contributed by atoms with Crippen molar-refractivity contribution in [1.82, 2.24) is 4.98 Å². The molecule has 0 saturated carbocycles. The van der Waals surface area contributed by atoms with Crippen LogP contribution >= 0.6 is 0 Å². The monoisotopic (exact) mass is 410 g/mol. The van der Waals surface area contributed by atoms with Gasteiger partial charge in [0.05, 0.1) is 12.1 Å². The maximum Gasteiger partial charge on any atom is 0.264 e. The molecule has 0 radical (unpaired) electrons. The molecule has 1 atom stereocenters. The van der Waals surface area contributed by atoms with Crippen molar-refractivity contribution in [3.8, 4) is 0 Å². The second-order valence-electron chi connectivity index (χ2n) is 7.91. The normalized spacial score (nSPS) is 17.8. The fraction of sp³-hybridized carbons (Fsp3) is 0.154. The zero-order chi connectivity index (χ0) is 21.4. The summed E-state index contributed by atoms with van der Waals surface area (Å²) in [6.07, 6.45) is 2.31. The van der Waals surface area contributed by atoms with E-state index in [1.54, 1.807) is 41.3 Å². The second kappa shape index (κ2) is 7.52. The van der Waals surface area contributed by atoms with Crippen LogP contribution < -0.4 is 4.90 Å². The van der Waals surface area contributed by atoms with Crippen LogP contribution in [0.3, 0.4) is 0 Å². The van der Waals surface area contributed by atoms with Crippen LogP contribution in [0.5, 0.6) is 0 Å². The average molecular weight is 410 g/mol. The highest BCUT2D eigenvalue weighted by molar-refractivity contribution is 6.10. The van der Waals surface area contributed by atoms with Gasteiger partial charge in [-0.1, -0.05) is 66.7 Å². The molecule has 0 aliphatic carbocycles. The van der Waals surface area contributed by atoms with Gasteiger partial charge < -0.3 is 15.0 Å². The van der Waals surface area contributed by atoms with Gasteiger partial charge in [-0.2, -0.15) is 0 Å². The number of ketones is 1. The molecule has 0 bridgehead atoms. The van der Waals surface area contributed by atoms with E-state index < -0.39 is 11.5 Å². The Hall–Kier alpha value is -3.70. The molecule has 2 heterocycles. The van der Waals surface area contributed by atoms with Crippen molar-refractivity contribution in [2.45, 2.75) is 18.4 Å². The maximum absolute atomic E-state index is 13.4. The minimum atomic E-state index is -1.86. The lowest BCUT2D eigenvalue weighted by atomic mass is 9.88. The molecule has 0 fully saturated rings. The van der Waals surface area contributed by atoms with E-state index in [2.05, 4.69) is 11.1 Å². The first kappa shape index (κ1) is 19.3. The summed E-state index contributed by atoms with van der Waals surface area (Å²) in [6.45, 7) is 0.416. The van der Waals surface area contributed by atoms with Crippen LogP contribution in [0.4, 0.5) is 5.69 Å². The summed E-state index contributed by atoms with van der Waals surface area (Å²) < 4.78 is 0. The molecule has 0 saturated heterocycles. The van der Waals surface area contributed by atoms with Crippen LogP contribution in [0, 0.1) is 0 Å². The summed E-state index contributed by atoms with van der Waals surface area (Å²) in [5.41, 5.74) is 1.94. The molecule has 31 heavy (non-hydrogen) atoms. The van der Waals surface area contributed by atoms with E-state index in [0.717, 1.165) is 16.5 Å². The van der Waals surface area contributed by atoms with Crippen LogP contribution in [-0.2, 0) is 16.8 Å². The van der Waals surface area contributed by atoms with Crippen LogP contribution in [0.15, 0.2) is 85.1 Å². The third-order valence-electron chi connectivity index (χ3n) is 6.03. The van der Waals surface area contributed by atoms with Gasteiger partial charge in [-0.05, 0) is 24.1 Å². The number of aliphatic hydroxyl groups is 1. The standard InChI is InChI=1S/C26H22N2O3/c29-24(18-8-2-1-3-9-18)16-26(31)21-11-5-7-13-23(21)28(25(26)30)15-14-19-17-27-22-12-6-4-10-20(19)22/h1-13,17,27,31H,14-16H2/t26-/m1/s1. The van der Waals surface area contributed by atoms with Crippen molar-refractivity contribution >= 4 is 28.3 Å². The number of amides is 1. The van der Waals surface area contributed by atoms with Gasteiger partial charge in [0, 0.05) is 34.8 Å². The minimum Gasteiger partial charge on any atom is -0.375 e. The summed E-state index contributed by atoms with van der Waals surface area (Å²) >= 11 is 0. The van der Waals surface area contributed by atoms with Crippen molar-refractivity contribution in [2.75, 3.05) is 11.4 Å². The Morgan fingerprint density at radius 2 is 1.65 bits per heavy atom. The number of hydrogen-bond acceptors (Lipinski definition) is 3. The largest absolute Gasteiger partial charge is 0.375 e. The van der Waals surface area contributed by atoms with Crippen molar-refractivity contribution < 1.29 is 14.7 Å². The van der Waals surface area contributed by atoms with Crippen LogP contribution in [0.25, 0.3) is 10.9 Å². The number of anilines is 1. The van der Waals surface area contributed by atoms with Crippen LogP contribution in [0.2, 0.25) is 0 Å². The van der Waals surface area contributed by atoms with E-state index in [4.69, 9.17) is 0 Å². The average Bonchev–Trinajstić information content (AvgIpc) is 3.31. The lowest BCUT2D eigenvalue weighted by Crippen LogP contribution is -2.42. The molecule has 4 aromatic rings. The molecule has 154 valence electrons. The highest BCUT2D eigenvalue weighted by atomic mass is 16.3. The Morgan fingerprint density at radius 3 is 2.48 bits per heavy atom. The Kier molecular flexibility index (Phi) is 4.68. The summed E-state index contributed by atoms with van der Waals surface area (Å²) in [4.78, 5) is 31.1. The highest BCUT2D eigenvalue weighted by Gasteiger charge is 2.50. The number of benzene rings is 3. The molecule has 3 aromatic carbocycles. The van der Waals surface area contributed by atoms with Crippen molar-refractivity contribution in [3.63, 3.8) is 0 Å². The summed E-state index contributed by atoms with van der Waals surface area (Å²) in [7, 11) is 0. The van der Waals surface area contributed by atoms with E-state index in [-0.39, 0.29) is 12.2 Å². The van der Waals surface area contributed by atoms with Gasteiger partial charge in [0.25, 0.3) is 5.91 Å². The lowest BCUT2D eigenvalue weighted by molar-refractivity contribution is -0.135. The fourth-order valence-electron chi connectivity index (χ4n) is 4.43. The zero-order valence-corrected chi connectivity index (χ0v) is 16.9. The fourth-order valence-corrected chi connectivity index (χ4v) is 4.43. The molecule has 1 aliphatic rings. The second-order valence-corrected chi connectivity index (χ2v) is 7.91. The summed E-state index contributed by atoms with van der Waals surface area (Å²) in [5, 5.41) is 12.5. The minimum absolute atomic E-state index is 0.260. The van der Waals surface area contributed by atoms with Gasteiger partial charge in [0.2, 0.25) is 0 Å². The third-order valence-corrected chi connectivity index (χ3v) is 6.03. The topological polar surface area (TPSA) is 73.4 Å². The van der Waals surface area contributed by atoms with Crippen molar-refractivity contribution in [2.24, 2.45) is 0 Å². The van der Waals surface area contributed by atoms with Crippen molar-refractivity contribution in [1.29, 1.82) is 0 Å². The van der Waals surface area contributed by atoms with Gasteiger partial charge in [0.1, 0.15) is 0 Å². The number of rotatable bonds is 6. The number of carbonyl (C=O) groups is 2. The molecular formula is C26H22N2O3. The number of fused-ring (bicyclic) bond motifs is 2. The first-order valence-corrected chi connectivity index (χ1v) is 10.3. The van der Waals surface area contributed by atoms with Gasteiger partial charge in [-0.3, -0.25) is 9.59 Å². The molecule has 0 spiro atoms. The van der Waals surface area contributed by atoms with Crippen LogP contribution in [-0.4, -0.2) is 28.3 Å². The van der Waals surface area contributed by atoms with E-state index in [0.29, 0.717) is 29.8 Å². The van der Waals surface area contributed by atoms with Gasteiger partial charge in [0.15, 0.2) is 11.4 Å². The van der Waals surface area contributed by atoms with Crippen molar-refractivity contribution in [3.05, 3.63) is 102 Å². The Labute approximate surface area is 179 Å². The van der Waals surface area contributed by atoms with Gasteiger partial charge in [-0.25, -0.2) is 0 Å². The number of aromatic nitrogens is 1. The smallest absolute Gasteiger partial charge is 0.264 e. The van der Waals surface area contributed by atoms with Gasteiger partial charge in [-0.15, -0.1) is 0 Å². The quantitative estimate of drug-likeness (QED) is 0.468. The zero-order valence-electron chi connectivity index (χ0n) is 16.9. The number of nitrogens with zero attached hydrogens (tertiary/aromatic N) is 1. The number of para-hydroxylation sites is 2. The molecule has 1 aliphatic heterocycles. The molecule has 1 aromatic heterocycles. The number of H-pyrrole nitrogens is 1. The van der Waals surface area contributed by atoms with E-state index in [1.807, 2.05) is 42.6 Å². The molecule has 5 nitrogen and oxygen atoms in total. The predicted octanol–water partition coefficient (Wildman–Crippen LogP) is 4.22. The Bertz CT molecular complexity index is 1280. The van der Waals surface area contributed by atoms with E-state index in [9.17, 15) is 14.7 Å². The molecule has 5 rings (SSSR count). The van der Waals surface area contributed by atoms with Crippen LogP contribution in [0.1, 0.15) is 27.9 Å². The molecule has 2 N–H and O–H groups in total. The lowest BCUT2D eigenvalue weighted by Gasteiger charge is -2.22. The molecule has 0 unspecified atom stereocenters.